The third kappa shape index (κ3) is 7.26. The summed E-state index contributed by atoms with van der Waals surface area (Å²) in [5, 5.41) is 14.5. The molecule has 0 unspecified atom stereocenters. The van der Waals surface area contributed by atoms with E-state index in [1.54, 1.807) is 30.8 Å². The third-order valence-electron chi connectivity index (χ3n) is 4.21. The Morgan fingerprint density at radius 1 is 1.16 bits per heavy atom. The van der Waals surface area contributed by atoms with E-state index in [-0.39, 0.29) is 21.4 Å². The van der Waals surface area contributed by atoms with Gasteiger partial charge in [0, 0.05) is 18.7 Å². The van der Waals surface area contributed by atoms with Crippen LogP contribution in [0.5, 0.6) is 0 Å². The quantitative estimate of drug-likeness (QED) is 0.174. The van der Waals surface area contributed by atoms with Crippen LogP contribution in [0.3, 0.4) is 0 Å². The molecule has 0 saturated carbocycles. The SMILES string of the molecule is CSCCCNC(=S)NNc1ccc([N+](=O)[O-])cc1S(=O)(=O)Nc1ccc(C)cc1C. The van der Waals surface area contributed by atoms with Gasteiger partial charge in [-0.15, -0.1) is 0 Å². The summed E-state index contributed by atoms with van der Waals surface area (Å²) in [7, 11) is -4.13. The van der Waals surface area contributed by atoms with Crippen LogP contribution in [0.4, 0.5) is 17.1 Å². The molecule has 31 heavy (non-hydrogen) atoms. The zero-order valence-electron chi connectivity index (χ0n) is 17.4. The minimum atomic E-state index is -4.13. The highest BCUT2D eigenvalue weighted by molar-refractivity contribution is 7.98. The van der Waals surface area contributed by atoms with Gasteiger partial charge in [0.1, 0.15) is 4.90 Å². The lowest BCUT2D eigenvalue weighted by Gasteiger charge is -2.17. The standard InChI is InChI=1S/C19H25N5O4S3/c1-13-5-7-16(14(2)11-13)23-31(27,28)18-12-15(24(25)26)6-8-17(18)21-22-19(29)20-9-4-10-30-3/h5-8,11-12,21,23H,4,9-10H2,1-3H3,(H2,20,22,29). The molecular weight excluding hydrogens is 458 g/mol. The fourth-order valence-corrected chi connectivity index (χ4v) is 4.56. The number of non-ortho nitro benzene ring substituents is 1. The van der Waals surface area contributed by atoms with E-state index in [1.165, 1.54) is 12.1 Å². The van der Waals surface area contributed by atoms with Crippen LogP contribution in [0, 0.1) is 24.0 Å². The van der Waals surface area contributed by atoms with E-state index < -0.39 is 14.9 Å². The molecule has 0 saturated heterocycles. The van der Waals surface area contributed by atoms with Gasteiger partial charge in [-0.25, -0.2) is 8.42 Å². The molecule has 0 radical (unpaired) electrons. The Hall–Kier alpha value is -2.57. The molecule has 0 aliphatic heterocycles. The highest BCUT2D eigenvalue weighted by Crippen LogP contribution is 2.29. The van der Waals surface area contributed by atoms with Gasteiger partial charge in [-0.05, 0) is 62.2 Å². The molecule has 0 spiro atoms. The van der Waals surface area contributed by atoms with Gasteiger partial charge in [0.05, 0.1) is 16.3 Å². The molecule has 0 aliphatic rings. The maximum Gasteiger partial charge on any atom is 0.270 e. The van der Waals surface area contributed by atoms with Crippen LogP contribution in [0.1, 0.15) is 17.5 Å². The van der Waals surface area contributed by atoms with Crippen LogP contribution < -0.4 is 20.9 Å². The highest BCUT2D eigenvalue weighted by atomic mass is 32.2. The number of nitrogens with one attached hydrogen (secondary N) is 4. The number of hydrogen-bond acceptors (Lipinski definition) is 7. The first-order valence-electron chi connectivity index (χ1n) is 9.31. The van der Waals surface area contributed by atoms with Gasteiger partial charge in [0.15, 0.2) is 5.11 Å². The van der Waals surface area contributed by atoms with Gasteiger partial charge in [-0.2, -0.15) is 11.8 Å². The zero-order chi connectivity index (χ0) is 23.0. The summed E-state index contributed by atoms with van der Waals surface area (Å²) < 4.78 is 28.6. The molecule has 2 rings (SSSR count). The number of anilines is 2. The van der Waals surface area contributed by atoms with Crippen LogP contribution in [0.15, 0.2) is 41.3 Å². The fourth-order valence-electron chi connectivity index (χ4n) is 2.66. The van der Waals surface area contributed by atoms with Gasteiger partial charge >= 0.3 is 0 Å². The summed E-state index contributed by atoms with van der Waals surface area (Å²) >= 11 is 6.90. The molecule has 0 amide bonds. The largest absolute Gasteiger partial charge is 0.361 e. The molecule has 0 aliphatic carbocycles. The van der Waals surface area contributed by atoms with E-state index in [1.807, 2.05) is 19.2 Å². The average Bonchev–Trinajstić information content (AvgIpc) is 2.71. The van der Waals surface area contributed by atoms with Gasteiger partial charge in [-0.1, -0.05) is 17.7 Å². The predicted octanol–water partition coefficient (Wildman–Crippen LogP) is 3.56. The van der Waals surface area contributed by atoms with Crippen LogP contribution in [0.25, 0.3) is 0 Å². The highest BCUT2D eigenvalue weighted by Gasteiger charge is 2.23. The van der Waals surface area contributed by atoms with Crippen molar-refractivity contribution in [1.29, 1.82) is 0 Å². The average molecular weight is 484 g/mol. The topological polar surface area (TPSA) is 125 Å². The molecule has 0 aromatic heterocycles. The van der Waals surface area contributed by atoms with E-state index in [9.17, 15) is 18.5 Å². The fraction of sp³-hybridized carbons (Fsp3) is 0.316. The molecule has 0 heterocycles. The predicted molar refractivity (Wildman–Crippen MR) is 130 cm³/mol. The second kappa shape index (κ2) is 11.2. The Bertz CT molecular complexity index is 1060. The lowest BCUT2D eigenvalue weighted by Crippen LogP contribution is -2.39. The first kappa shape index (κ1) is 24.7. The van der Waals surface area contributed by atoms with E-state index in [4.69, 9.17) is 12.2 Å². The van der Waals surface area contributed by atoms with Crippen molar-refractivity contribution >= 4 is 56.2 Å². The number of sulfonamides is 1. The monoisotopic (exact) mass is 483 g/mol. The van der Waals surface area contributed by atoms with Crippen LogP contribution >= 0.6 is 24.0 Å². The summed E-state index contributed by atoms with van der Waals surface area (Å²) in [6.07, 6.45) is 2.93. The number of aryl methyl sites for hydroxylation is 2. The Morgan fingerprint density at radius 3 is 2.52 bits per heavy atom. The van der Waals surface area contributed by atoms with E-state index in [0.717, 1.165) is 29.4 Å². The summed E-state index contributed by atoms with van der Waals surface area (Å²) in [5.74, 6) is 0.984. The third-order valence-corrected chi connectivity index (χ3v) is 6.56. The molecule has 4 N–H and O–H groups in total. The number of hydrogen-bond donors (Lipinski definition) is 4. The van der Waals surface area contributed by atoms with Crippen molar-refractivity contribution in [2.45, 2.75) is 25.2 Å². The normalized spacial score (nSPS) is 10.9. The summed E-state index contributed by atoms with van der Waals surface area (Å²) in [4.78, 5) is 10.3. The van der Waals surface area contributed by atoms with Crippen molar-refractivity contribution in [2.24, 2.45) is 0 Å². The molecule has 9 nitrogen and oxygen atoms in total. The molecule has 0 atom stereocenters. The second-order valence-electron chi connectivity index (χ2n) is 6.71. The smallest absolute Gasteiger partial charge is 0.270 e. The second-order valence-corrected chi connectivity index (χ2v) is 9.76. The van der Waals surface area contributed by atoms with Crippen LogP contribution in [-0.4, -0.2) is 37.0 Å². The summed E-state index contributed by atoms with van der Waals surface area (Å²) in [6.45, 7) is 4.34. The van der Waals surface area contributed by atoms with Crippen LogP contribution in [0.2, 0.25) is 0 Å². The van der Waals surface area contributed by atoms with Crippen molar-refractivity contribution in [3.05, 3.63) is 57.6 Å². The number of nitro benzene ring substituents is 1. The number of thioether (sulfide) groups is 1. The lowest BCUT2D eigenvalue weighted by molar-refractivity contribution is -0.385. The van der Waals surface area contributed by atoms with E-state index in [0.29, 0.717) is 12.2 Å². The molecular formula is C19H25N5O4S3. The van der Waals surface area contributed by atoms with Gasteiger partial charge in [0.2, 0.25) is 0 Å². The summed E-state index contributed by atoms with van der Waals surface area (Å²) in [5.41, 5.74) is 7.35. The maximum atomic E-state index is 13.1. The number of nitrogens with zero attached hydrogens (tertiary/aromatic N) is 1. The summed E-state index contributed by atoms with van der Waals surface area (Å²) in [6, 6.07) is 8.81. The van der Waals surface area contributed by atoms with Crippen molar-refractivity contribution in [3.63, 3.8) is 0 Å². The van der Waals surface area contributed by atoms with Gasteiger partial charge in [-0.3, -0.25) is 25.7 Å². The van der Waals surface area contributed by atoms with Crippen molar-refractivity contribution < 1.29 is 13.3 Å². The molecule has 0 bridgehead atoms. The molecule has 2 aromatic rings. The van der Waals surface area contributed by atoms with E-state index >= 15 is 0 Å². The van der Waals surface area contributed by atoms with Gasteiger partial charge < -0.3 is 5.32 Å². The first-order valence-corrected chi connectivity index (χ1v) is 12.6. The van der Waals surface area contributed by atoms with Crippen molar-refractivity contribution in [1.82, 2.24) is 10.7 Å². The number of nitro groups is 1. The Balaban J connectivity index is 2.26. The maximum absolute atomic E-state index is 13.1. The van der Waals surface area contributed by atoms with Crippen LogP contribution in [-0.2, 0) is 10.0 Å². The minimum absolute atomic E-state index is 0.121. The number of benzene rings is 2. The number of rotatable bonds is 10. The number of thiocarbonyl (C=S) groups is 1. The number of hydrazine groups is 1. The molecule has 2 aromatic carbocycles. The molecule has 0 fully saturated rings. The minimum Gasteiger partial charge on any atom is -0.361 e. The Labute approximate surface area is 191 Å². The zero-order valence-corrected chi connectivity index (χ0v) is 19.8. The Kier molecular flexibility index (Phi) is 8.89. The van der Waals surface area contributed by atoms with Gasteiger partial charge in [0.25, 0.3) is 15.7 Å². The first-order chi connectivity index (χ1) is 14.6. The lowest BCUT2D eigenvalue weighted by atomic mass is 10.1. The van der Waals surface area contributed by atoms with Crippen molar-refractivity contribution in [3.8, 4) is 0 Å². The van der Waals surface area contributed by atoms with E-state index in [2.05, 4.69) is 20.9 Å². The Morgan fingerprint density at radius 2 is 1.87 bits per heavy atom. The van der Waals surface area contributed by atoms with Crippen molar-refractivity contribution in [2.75, 3.05) is 28.7 Å². The molecule has 12 heteroatoms. The molecule has 168 valence electrons.